The van der Waals surface area contributed by atoms with E-state index in [1.807, 2.05) is 13.8 Å². The summed E-state index contributed by atoms with van der Waals surface area (Å²) in [4.78, 5) is 24.5. The predicted molar refractivity (Wildman–Crippen MR) is 70.1 cm³/mol. The lowest BCUT2D eigenvalue weighted by molar-refractivity contribution is 0.313. The second kappa shape index (κ2) is 5.81. The van der Waals surface area contributed by atoms with Gasteiger partial charge in [0.05, 0.1) is 0 Å². The highest BCUT2D eigenvalue weighted by molar-refractivity contribution is 5.67. The van der Waals surface area contributed by atoms with Crippen LogP contribution in [-0.2, 0) is 13.1 Å². The van der Waals surface area contributed by atoms with Crippen molar-refractivity contribution in [3.8, 4) is 0 Å². The summed E-state index contributed by atoms with van der Waals surface area (Å²) in [5, 5.41) is 7.30. The smallest absolute Gasteiger partial charge is 0.273 e. The summed E-state index contributed by atoms with van der Waals surface area (Å²) in [6.45, 7) is 4.97. The van der Waals surface area contributed by atoms with Crippen LogP contribution in [0.2, 0.25) is 0 Å². The number of nitrogens with zero attached hydrogens (tertiary/aromatic N) is 4. The van der Waals surface area contributed by atoms with Gasteiger partial charge >= 0.3 is 5.69 Å². The lowest BCUT2D eigenvalue weighted by Gasteiger charge is -2.09. The third-order valence-corrected chi connectivity index (χ3v) is 3.11. The fourth-order valence-corrected chi connectivity index (χ4v) is 1.98. The van der Waals surface area contributed by atoms with Gasteiger partial charge in [-0.05, 0) is 23.2 Å². The van der Waals surface area contributed by atoms with Crippen molar-refractivity contribution >= 4 is 11.2 Å². The summed E-state index contributed by atoms with van der Waals surface area (Å²) in [6.07, 6.45) is 3.48. The molecule has 7 heteroatoms. The molecule has 19 heavy (non-hydrogen) atoms. The molecule has 2 aromatic heterocycles. The van der Waals surface area contributed by atoms with Gasteiger partial charge in [-0.3, -0.25) is 13.9 Å². The molecule has 0 bridgehead atoms. The predicted octanol–water partition coefficient (Wildman–Crippen LogP) is 1.15. The minimum absolute atomic E-state index is 0.131. The van der Waals surface area contributed by atoms with E-state index in [4.69, 9.17) is 0 Å². The van der Waals surface area contributed by atoms with Gasteiger partial charge < -0.3 is 0 Å². The standard InChI is InChI=1S/C12H18N4O3/c1-3-5-7-15-10-9(13-19-14-10)11(17)16(12(15)18)8-6-4-2/h3-8H2,1-2H3. The Balaban J connectivity index is 2.61. The highest BCUT2D eigenvalue weighted by Gasteiger charge is 2.16. The van der Waals surface area contributed by atoms with E-state index in [2.05, 4.69) is 14.9 Å². The van der Waals surface area contributed by atoms with Gasteiger partial charge in [-0.1, -0.05) is 26.7 Å². The minimum atomic E-state index is -0.414. The Morgan fingerprint density at radius 3 is 2.26 bits per heavy atom. The number of aryl methyl sites for hydroxylation is 1. The Labute approximate surface area is 109 Å². The highest BCUT2D eigenvalue weighted by atomic mass is 16.6. The lowest BCUT2D eigenvalue weighted by atomic mass is 10.3. The molecule has 0 aliphatic rings. The quantitative estimate of drug-likeness (QED) is 0.783. The Kier molecular flexibility index (Phi) is 4.13. The Bertz CT molecular complexity index is 668. The average molecular weight is 266 g/mol. The van der Waals surface area contributed by atoms with Gasteiger partial charge in [0.1, 0.15) is 0 Å². The summed E-state index contributed by atoms with van der Waals surface area (Å²) < 4.78 is 7.31. The Morgan fingerprint density at radius 1 is 1.00 bits per heavy atom. The van der Waals surface area contributed by atoms with Gasteiger partial charge in [-0.25, -0.2) is 9.42 Å². The van der Waals surface area contributed by atoms with E-state index in [1.54, 1.807) is 0 Å². The van der Waals surface area contributed by atoms with Gasteiger partial charge in [0, 0.05) is 13.1 Å². The van der Waals surface area contributed by atoms with Gasteiger partial charge in [0.2, 0.25) is 11.2 Å². The number of hydrogen-bond acceptors (Lipinski definition) is 5. The molecular formula is C12H18N4O3. The maximum absolute atomic E-state index is 12.3. The zero-order valence-corrected chi connectivity index (χ0v) is 11.3. The van der Waals surface area contributed by atoms with Crippen LogP contribution in [0.1, 0.15) is 39.5 Å². The lowest BCUT2D eigenvalue weighted by Crippen LogP contribution is -2.40. The van der Waals surface area contributed by atoms with Crippen molar-refractivity contribution in [2.75, 3.05) is 0 Å². The number of aromatic nitrogens is 4. The van der Waals surface area contributed by atoms with Crippen molar-refractivity contribution in [3.63, 3.8) is 0 Å². The highest BCUT2D eigenvalue weighted by Crippen LogP contribution is 2.03. The zero-order chi connectivity index (χ0) is 13.8. The Hall–Kier alpha value is -1.92. The van der Waals surface area contributed by atoms with E-state index < -0.39 is 5.56 Å². The van der Waals surface area contributed by atoms with E-state index >= 15 is 0 Å². The van der Waals surface area contributed by atoms with E-state index in [1.165, 1.54) is 9.13 Å². The summed E-state index contributed by atoms with van der Waals surface area (Å²) in [5.74, 6) is 0. The summed E-state index contributed by atoms with van der Waals surface area (Å²) in [7, 11) is 0. The molecule has 0 aromatic carbocycles. The fourth-order valence-electron chi connectivity index (χ4n) is 1.98. The third kappa shape index (κ3) is 2.45. The van der Waals surface area contributed by atoms with Crippen LogP contribution in [0.3, 0.4) is 0 Å². The van der Waals surface area contributed by atoms with Crippen molar-refractivity contribution in [2.45, 2.75) is 52.6 Å². The van der Waals surface area contributed by atoms with Crippen molar-refractivity contribution < 1.29 is 4.63 Å². The van der Waals surface area contributed by atoms with Gasteiger partial charge in [-0.2, -0.15) is 0 Å². The molecule has 0 fully saturated rings. The van der Waals surface area contributed by atoms with Crippen LogP contribution in [0, 0.1) is 0 Å². The van der Waals surface area contributed by atoms with Crippen molar-refractivity contribution in [1.82, 2.24) is 19.4 Å². The first kappa shape index (κ1) is 13.5. The Morgan fingerprint density at radius 2 is 1.63 bits per heavy atom. The first-order valence-corrected chi connectivity index (χ1v) is 6.66. The maximum Gasteiger partial charge on any atom is 0.332 e. The molecule has 0 saturated heterocycles. The van der Waals surface area contributed by atoms with Crippen LogP contribution in [0.5, 0.6) is 0 Å². The topological polar surface area (TPSA) is 82.9 Å². The minimum Gasteiger partial charge on any atom is -0.273 e. The van der Waals surface area contributed by atoms with Crippen LogP contribution in [0.4, 0.5) is 0 Å². The second-order valence-electron chi connectivity index (χ2n) is 4.53. The van der Waals surface area contributed by atoms with Gasteiger partial charge in [-0.15, -0.1) is 0 Å². The molecule has 0 unspecified atom stereocenters. The summed E-state index contributed by atoms with van der Waals surface area (Å²) >= 11 is 0. The molecule has 0 aliphatic carbocycles. The molecule has 0 spiro atoms. The number of fused-ring (bicyclic) bond motifs is 1. The van der Waals surface area contributed by atoms with Crippen LogP contribution < -0.4 is 11.2 Å². The van der Waals surface area contributed by atoms with Crippen LogP contribution >= 0.6 is 0 Å². The number of rotatable bonds is 6. The summed E-state index contributed by atoms with van der Waals surface area (Å²) in [6, 6.07) is 0. The molecule has 2 heterocycles. The molecule has 7 nitrogen and oxygen atoms in total. The SMILES string of the molecule is CCCCn1c(=O)c2nonc2n(CCCC)c1=O. The largest absolute Gasteiger partial charge is 0.332 e. The van der Waals surface area contributed by atoms with Crippen molar-refractivity contribution in [2.24, 2.45) is 0 Å². The first-order valence-electron chi connectivity index (χ1n) is 6.66. The molecule has 0 saturated carbocycles. The molecule has 2 rings (SSSR count). The number of unbranched alkanes of at least 4 members (excludes halogenated alkanes) is 2. The molecule has 2 aromatic rings. The summed E-state index contributed by atoms with van der Waals surface area (Å²) in [5.41, 5.74) is -0.361. The van der Waals surface area contributed by atoms with Gasteiger partial charge in [0.25, 0.3) is 5.56 Å². The van der Waals surface area contributed by atoms with E-state index in [9.17, 15) is 9.59 Å². The molecule has 0 aliphatic heterocycles. The average Bonchev–Trinajstić information content (AvgIpc) is 2.88. The third-order valence-electron chi connectivity index (χ3n) is 3.11. The molecule has 104 valence electrons. The second-order valence-corrected chi connectivity index (χ2v) is 4.53. The first-order chi connectivity index (χ1) is 9.20. The van der Waals surface area contributed by atoms with E-state index in [0.29, 0.717) is 13.1 Å². The van der Waals surface area contributed by atoms with Crippen molar-refractivity contribution in [1.29, 1.82) is 0 Å². The molecular weight excluding hydrogens is 248 g/mol. The van der Waals surface area contributed by atoms with E-state index in [-0.39, 0.29) is 16.9 Å². The zero-order valence-electron chi connectivity index (χ0n) is 11.3. The molecule has 0 radical (unpaired) electrons. The molecule has 0 N–H and O–H groups in total. The van der Waals surface area contributed by atoms with Gasteiger partial charge in [0.15, 0.2) is 0 Å². The van der Waals surface area contributed by atoms with Crippen LogP contribution in [0.25, 0.3) is 11.2 Å². The van der Waals surface area contributed by atoms with Crippen LogP contribution in [-0.4, -0.2) is 19.4 Å². The number of hydrogen-bond donors (Lipinski definition) is 0. The fraction of sp³-hybridized carbons (Fsp3) is 0.667. The monoisotopic (exact) mass is 266 g/mol. The van der Waals surface area contributed by atoms with Crippen LogP contribution in [0.15, 0.2) is 14.2 Å². The molecule has 0 atom stereocenters. The van der Waals surface area contributed by atoms with Crippen molar-refractivity contribution in [3.05, 3.63) is 20.8 Å². The molecule has 0 amide bonds. The normalized spacial score (nSPS) is 11.3. The van der Waals surface area contributed by atoms with E-state index in [0.717, 1.165) is 25.7 Å². The maximum atomic E-state index is 12.3.